The van der Waals surface area contributed by atoms with Gasteiger partial charge in [-0.1, -0.05) is 18.2 Å². The Morgan fingerprint density at radius 2 is 2.30 bits per heavy atom. The fourth-order valence-electron chi connectivity index (χ4n) is 2.59. The lowest BCUT2D eigenvalue weighted by Crippen LogP contribution is -2.43. The number of fused-ring (bicyclic) bond motifs is 1. The van der Waals surface area contributed by atoms with E-state index in [-0.39, 0.29) is 6.04 Å². The van der Waals surface area contributed by atoms with Crippen LogP contribution in [0.5, 0.6) is 5.75 Å². The SMILES string of the molecule is N#CC1COc2ccc(N)cc2N1CC1=CCCC=C1. The van der Waals surface area contributed by atoms with E-state index in [4.69, 9.17) is 10.5 Å². The van der Waals surface area contributed by atoms with Crippen molar-refractivity contribution in [2.24, 2.45) is 0 Å². The van der Waals surface area contributed by atoms with Crippen molar-refractivity contribution in [2.75, 3.05) is 23.8 Å². The molecule has 0 radical (unpaired) electrons. The molecule has 2 aliphatic rings. The van der Waals surface area contributed by atoms with E-state index in [2.05, 4.69) is 29.2 Å². The molecule has 1 aliphatic carbocycles. The molecule has 0 saturated carbocycles. The predicted molar refractivity (Wildman–Crippen MR) is 79.6 cm³/mol. The minimum Gasteiger partial charge on any atom is -0.488 e. The lowest BCUT2D eigenvalue weighted by Gasteiger charge is -2.35. The maximum absolute atomic E-state index is 9.35. The Morgan fingerprint density at radius 3 is 3.05 bits per heavy atom. The summed E-state index contributed by atoms with van der Waals surface area (Å²) in [5.74, 6) is 0.797. The number of rotatable bonds is 2. The van der Waals surface area contributed by atoms with Crippen molar-refractivity contribution in [1.82, 2.24) is 0 Å². The molecule has 0 spiro atoms. The normalized spacial score (nSPS) is 20.6. The van der Waals surface area contributed by atoms with E-state index < -0.39 is 0 Å². The Bertz CT molecular complexity index is 613. The molecule has 0 fully saturated rings. The van der Waals surface area contributed by atoms with Gasteiger partial charge in [0.05, 0.1) is 11.8 Å². The highest BCUT2D eigenvalue weighted by Gasteiger charge is 2.28. The summed E-state index contributed by atoms with van der Waals surface area (Å²) < 4.78 is 5.64. The molecule has 0 aromatic heterocycles. The van der Waals surface area contributed by atoms with E-state index in [1.165, 1.54) is 5.57 Å². The molecule has 1 aliphatic heterocycles. The molecule has 2 N–H and O–H groups in total. The molecule has 102 valence electrons. The minimum absolute atomic E-state index is 0.277. The molecule has 1 aromatic carbocycles. The molecule has 3 rings (SSSR count). The fourth-order valence-corrected chi connectivity index (χ4v) is 2.59. The van der Waals surface area contributed by atoms with Gasteiger partial charge in [0.2, 0.25) is 0 Å². The minimum atomic E-state index is -0.277. The zero-order chi connectivity index (χ0) is 13.9. The van der Waals surface area contributed by atoms with Crippen LogP contribution < -0.4 is 15.4 Å². The highest BCUT2D eigenvalue weighted by Crippen LogP contribution is 2.36. The number of benzene rings is 1. The Hall–Kier alpha value is -2.41. The second-order valence-electron chi connectivity index (χ2n) is 5.07. The first kappa shape index (κ1) is 12.6. The second kappa shape index (κ2) is 5.30. The number of nitrogen functional groups attached to an aromatic ring is 1. The van der Waals surface area contributed by atoms with Crippen LogP contribution in [0, 0.1) is 11.3 Å². The first-order valence-electron chi connectivity index (χ1n) is 6.82. The van der Waals surface area contributed by atoms with Gasteiger partial charge in [0.1, 0.15) is 12.4 Å². The molecule has 4 heteroatoms. The summed E-state index contributed by atoms with van der Waals surface area (Å²) >= 11 is 0. The topological polar surface area (TPSA) is 62.3 Å². The molecule has 0 saturated heterocycles. The zero-order valence-corrected chi connectivity index (χ0v) is 11.2. The van der Waals surface area contributed by atoms with E-state index in [1.54, 1.807) is 0 Å². The molecule has 1 aromatic rings. The van der Waals surface area contributed by atoms with Crippen LogP contribution in [0.1, 0.15) is 12.8 Å². The highest BCUT2D eigenvalue weighted by atomic mass is 16.5. The number of nitrogens with zero attached hydrogens (tertiary/aromatic N) is 2. The molecule has 4 nitrogen and oxygen atoms in total. The Kier molecular flexibility index (Phi) is 3.34. The monoisotopic (exact) mass is 267 g/mol. The maximum Gasteiger partial charge on any atom is 0.151 e. The number of anilines is 2. The number of allylic oxidation sites excluding steroid dienone is 2. The number of nitriles is 1. The van der Waals surface area contributed by atoms with Crippen LogP contribution >= 0.6 is 0 Å². The molecular weight excluding hydrogens is 250 g/mol. The van der Waals surface area contributed by atoms with Crippen LogP contribution in [0.25, 0.3) is 0 Å². The number of ether oxygens (including phenoxy) is 1. The van der Waals surface area contributed by atoms with Crippen molar-refractivity contribution in [3.8, 4) is 11.8 Å². The van der Waals surface area contributed by atoms with E-state index >= 15 is 0 Å². The lowest BCUT2D eigenvalue weighted by atomic mass is 10.0. The van der Waals surface area contributed by atoms with Crippen molar-refractivity contribution in [3.05, 3.63) is 42.0 Å². The summed E-state index contributed by atoms with van der Waals surface area (Å²) in [4.78, 5) is 2.08. The second-order valence-corrected chi connectivity index (χ2v) is 5.07. The van der Waals surface area contributed by atoms with Crippen LogP contribution in [0.2, 0.25) is 0 Å². The largest absolute Gasteiger partial charge is 0.488 e. The molecule has 20 heavy (non-hydrogen) atoms. The third-order valence-electron chi connectivity index (χ3n) is 3.64. The summed E-state index contributed by atoms with van der Waals surface area (Å²) in [5, 5.41) is 9.35. The Balaban J connectivity index is 1.94. The van der Waals surface area contributed by atoms with Gasteiger partial charge < -0.3 is 15.4 Å². The predicted octanol–water partition coefficient (Wildman–Crippen LogP) is 2.64. The molecule has 1 atom stereocenters. The standard InChI is InChI=1S/C16H17N3O/c17-9-14-11-20-16-7-6-13(18)8-15(16)19(14)10-12-4-2-1-3-5-12/h2,4-8,14H,1,3,10-11,18H2. The van der Waals surface area contributed by atoms with Gasteiger partial charge in [-0.25, -0.2) is 0 Å². The quantitative estimate of drug-likeness (QED) is 0.837. The number of hydrogen-bond acceptors (Lipinski definition) is 4. The fraction of sp³-hybridized carbons (Fsp3) is 0.312. The molecule has 1 heterocycles. The van der Waals surface area contributed by atoms with Gasteiger partial charge in [0.25, 0.3) is 0 Å². The van der Waals surface area contributed by atoms with Gasteiger partial charge in [-0.2, -0.15) is 5.26 Å². The maximum atomic E-state index is 9.35. The molecule has 0 amide bonds. The smallest absolute Gasteiger partial charge is 0.151 e. The van der Waals surface area contributed by atoms with Crippen LogP contribution in [0.3, 0.4) is 0 Å². The van der Waals surface area contributed by atoms with Gasteiger partial charge in [-0.15, -0.1) is 0 Å². The van der Waals surface area contributed by atoms with Crippen LogP contribution in [-0.4, -0.2) is 19.2 Å². The summed E-state index contributed by atoms with van der Waals surface area (Å²) in [7, 11) is 0. The van der Waals surface area contributed by atoms with Gasteiger partial charge in [0, 0.05) is 12.2 Å². The lowest BCUT2D eigenvalue weighted by molar-refractivity contribution is 0.286. The first-order chi connectivity index (χ1) is 9.78. The zero-order valence-electron chi connectivity index (χ0n) is 11.2. The Labute approximate surface area is 118 Å². The van der Waals surface area contributed by atoms with Gasteiger partial charge >= 0.3 is 0 Å². The number of hydrogen-bond donors (Lipinski definition) is 1. The summed E-state index contributed by atoms with van der Waals surface area (Å²) in [6.45, 7) is 1.11. The van der Waals surface area contributed by atoms with E-state index in [0.717, 1.165) is 24.3 Å². The van der Waals surface area contributed by atoms with Gasteiger partial charge in [-0.05, 0) is 36.6 Å². The van der Waals surface area contributed by atoms with Crippen LogP contribution in [0.4, 0.5) is 11.4 Å². The molecule has 1 unspecified atom stereocenters. The van der Waals surface area contributed by atoms with Crippen molar-refractivity contribution >= 4 is 11.4 Å². The number of nitrogens with two attached hydrogens (primary N) is 1. The molecular formula is C16H17N3O. The van der Waals surface area contributed by atoms with Crippen molar-refractivity contribution in [2.45, 2.75) is 18.9 Å². The summed E-state index contributed by atoms with van der Waals surface area (Å²) in [6, 6.07) is 7.61. The van der Waals surface area contributed by atoms with E-state index in [0.29, 0.717) is 18.8 Å². The van der Waals surface area contributed by atoms with Gasteiger partial charge in [0.15, 0.2) is 6.04 Å². The first-order valence-corrected chi connectivity index (χ1v) is 6.82. The summed E-state index contributed by atoms with van der Waals surface area (Å²) in [6.07, 6.45) is 8.71. The summed E-state index contributed by atoms with van der Waals surface area (Å²) in [5.41, 5.74) is 8.70. The van der Waals surface area contributed by atoms with E-state index in [1.807, 2.05) is 18.2 Å². The van der Waals surface area contributed by atoms with E-state index in [9.17, 15) is 5.26 Å². The average molecular weight is 267 g/mol. The third-order valence-corrected chi connectivity index (χ3v) is 3.64. The van der Waals surface area contributed by atoms with Crippen molar-refractivity contribution < 1.29 is 4.74 Å². The molecule has 0 bridgehead atoms. The average Bonchev–Trinajstić information content (AvgIpc) is 2.49. The van der Waals surface area contributed by atoms with Crippen LogP contribution in [-0.2, 0) is 0 Å². The van der Waals surface area contributed by atoms with Crippen LogP contribution in [0.15, 0.2) is 42.0 Å². The highest BCUT2D eigenvalue weighted by molar-refractivity contribution is 5.68. The third kappa shape index (κ3) is 2.35. The van der Waals surface area contributed by atoms with Crippen molar-refractivity contribution in [3.63, 3.8) is 0 Å². The van der Waals surface area contributed by atoms with Crippen molar-refractivity contribution in [1.29, 1.82) is 5.26 Å². The Morgan fingerprint density at radius 1 is 1.40 bits per heavy atom. The van der Waals surface area contributed by atoms with Gasteiger partial charge in [-0.3, -0.25) is 0 Å².